The Labute approximate surface area is 103 Å². The zero-order chi connectivity index (χ0) is 12.5. The lowest BCUT2D eigenvalue weighted by Gasteiger charge is -2.21. The minimum Gasteiger partial charge on any atom is -0.487 e. The quantitative estimate of drug-likeness (QED) is 0.837. The van der Waals surface area contributed by atoms with Crippen LogP contribution in [0.15, 0.2) is 18.2 Å². The van der Waals surface area contributed by atoms with Crippen LogP contribution in [0.4, 0.5) is 0 Å². The summed E-state index contributed by atoms with van der Waals surface area (Å²) in [5.41, 5.74) is 8.05. The number of para-hydroxylation sites is 1. The largest absolute Gasteiger partial charge is 0.487 e. The summed E-state index contributed by atoms with van der Waals surface area (Å²) < 4.78 is 6.02. The van der Waals surface area contributed by atoms with Gasteiger partial charge in [0.05, 0.1) is 0 Å². The van der Waals surface area contributed by atoms with Gasteiger partial charge in [-0.15, -0.1) is 0 Å². The standard InChI is InChI=1S/C14H21NO2/c1-14(2)8-10-4-3-5-12(13(10)17-14)11(9-15)6-7-16/h3-5,11,16H,6-9,15H2,1-2H3. The maximum absolute atomic E-state index is 9.08. The minimum atomic E-state index is -0.128. The van der Waals surface area contributed by atoms with Crippen molar-refractivity contribution in [1.82, 2.24) is 0 Å². The fourth-order valence-corrected chi connectivity index (χ4v) is 2.52. The molecule has 3 heteroatoms. The van der Waals surface area contributed by atoms with Crippen LogP contribution in [0.3, 0.4) is 0 Å². The molecule has 0 saturated carbocycles. The molecular weight excluding hydrogens is 214 g/mol. The molecule has 1 aromatic rings. The van der Waals surface area contributed by atoms with Crippen molar-refractivity contribution in [3.05, 3.63) is 29.3 Å². The summed E-state index contributed by atoms with van der Waals surface area (Å²) in [6.07, 6.45) is 1.63. The third-order valence-electron chi connectivity index (χ3n) is 3.32. The van der Waals surface area contributed by atoms with E-state index in [1.165, 1.54) is 5.56 Å². The van der Waals surface area contributed by atoms with E-state index in [2.05, 4.69) is 32.0 Å². The molecular formula is C14H21NO2. The molecule has 0 amide bonds. The number of nitrogens with two attached hydrogens (primary N) is 1. The molecule has 1 aromatic carbocycles. The van der Waals surface area contributed by atoms with Crippen LogP contribution < -0.4 is 10.5 Å². The lowest BCUT2D eigenvalue weighted by atomic mass is 9.92. The molecule has 3 N–H and O–H groups in total. The van der Waals surface area contributed by atoms with E-state index in [1.54, 1.807) is 0 Å². The molecule has 0 fully saturated rings. The number of aliphatic hydroxyl groups is 1. The van der Waals surface area contributed by atoms with Crippen LogP contribution >= 0.6 is 0 Å². The van der Waals surface area contributed by atoms with Crippen LogP contribution in [0, 0.1) is 0 Å². The van der Waals surface area contributed by atoms with Gasteiger partial charge >= 0.3 is 0 Å². The van der Waals surface area contributed by atoms with E-state index in [0.717, 1.165) is 17.7 Å². The molecule has 17 heavy (non-hydrogen) atoms. The number of hydrogen-bond acceptors (Lipinski definition) is 3. The van der Waals surface area contributed by atoms with E-state index in [4.69, 9.17) is 15.6 Å². The Bertz CT molecular complexity index is 401. The molecule has 1 heterocycles. The van der Waals surface area contributed by atoms with Gasteiger partial charge in [0.2, 0.25) is 0 Å². The van der Waals surface area contributed by atoms with Crippen LogP contribution in [0.25, 0.3) is 0 Å². The number of rotatable bonds is 4. The third-order valence-corrected chi connectivity index (χ3v) is 3.32. The smallest absolute Gasteiger partial charge is 0.126 e. The highest BCUT2D eigenvalue weighted by molar-refractivity contribution is 5.47. The van der Waals surface area contributed by atoms with E-state index in [-0.39, 0.29) is 18.1 Å². The predicted octanol–water partition coefficient (Wildman–Crippen LogP) is 1.82. The highest BCUT2D eigenvalue weighted by Gasteiger charge is 2.32. The van der Waals surface area contributed by atoms with Crippen LogP contribution in [0.2, 0.25) is 0 Å². The monoisotopic (exact) mass is 235 g/mol. The molecule has 0 spiro atoms. The average molecular weight is 235 g/mol. The highest BCUT2D eigenvalue weighted by Crippen LogP contribution is 2.40. The first-order valence-corrected chi connectivity index (χ1v) is 6.19. The van der Waals surface area contributed by atoms with Crippen LogP contribution in [0.5, 0.6) is 5.75 Å². The molecule has 1 atom stereocenters. The van der Waals surface area contributed by atoms with Crippen molar-refractivity contribution in [2.75, 3.05) is 13.2 Å². The number of hydrogen-bond donors (Lipinski definition) is 2. The molecule has 0 aliphatic carbocycles. The summed E-state index contributed by atoms with van der Waals surface area (Å²) in [6.45, 7) is 4.90. The van der Waals surface area contributed by atoms with E-state index in [1.807, 2.05) is 0 Å². The minimum absolute atomic E-state index is 0.128. The number of benzene rings is 1. The van der Waals surface area contributed by atoms with Crippen LogP contribution in [-0.4, -0.2) is 23.9 Å². The molecule has 1 aliphatic rings. The van der Waals surface area contributed by atoms with Crippen molar-refractivity contribution >= 4 is 0 Å². The van der Waals surface area contributed by atoms with Gasteiger partial charge in [0.1, 0.15) is 11.4 Å². The number of aliphatic hydroxyl groups excluding tert-OH is 1. The van der Waals surface area contributed by atoms with Gasteiger partial charge in [-0.3, -0.25) is 0 Å². The van der Waals surface area contributed by atoms with Gasteiger partial charge in [-0.2, -0.15) is 0 Å². The van der Waals surface area contributed by atoms with E-state index in [0.29, 0.717) is 13.0 Å². The number of ether oxygens (including phenoxy) is 1. The molecule has 0 bridgehead atoms. The van der Waals surface area contributed by atoms with Crippen molar-refractivity contribution in [3.63, 3.8) is 0 Å². The van der Waals surface area contributed by atoms with Crippen LogP contribution in [-0.2, 0) is 6.42 Å². The van der Waals surface area contributed by atoms with Gasteiger partial charge in [-0.1, -0.05) is 18.2 Å². The SMILES string of the molecule is CC1(C)Cc2cccc(C(CN)CCO)c2O1. The van der Waals surface area contributed by atoms with Crippen molar-refractivity contribution < 1.29 is 9.84 Å². The van der Waals surface area contributed by atoms with Crippen molar-refractivity contribution in [1.29, 1.82) is 0 Å². The molecule has 0 saturated heterocycles. The Balaban J connectivity index is 2.34. The molecule has 0 aromatic heterocycles. The summed E-state index contributed by atoms with van der Waals surface area (Å²) in [4.78, 5) is 0. The van der Waals surface area contributed by atoms with E-state index >= 15 is 0 Å². The van der Waals surface area contributed by atoms with Gasteiger partial charge in [0, 0.05) is 18.9 Å². The maximum atomic E-state index is 9.08. The first-order valence-electron chi connectivity index (χ1n) is 6.19. The fraction of sp³-hybridized carbons (Fsp3) is 0.571. The molecule has 3 nitrogen and oxygen atoms in total. The first kappa shape index (κ1) is 12.4. The zero-order valence-electron chi connectivity index (χ0n) is 10.6. The molecule has 1 aliphatic heterocycles. The maximum Gasteiger partial charge on any atom is 0.126 e. The Hall–Kier alpha value is -1.06. The Kier molecular flexibility index (Phi) is 3.40. The first-order chi connectivity index (χ1) is 8.07. The van der Waals surface area contributed by atoms with Gasteiger partial charge < -0.3 is 15.6 Å². The lowest BCUT2D eigenvalue weighted by molar-refractivity contribution is 0.136. The molecule has 0 radical (unpaired) electrons. The van der Waals surface area contributed by atoms with Crippen molar-refractivity contribution in [2.24, 2.45) is 5.73 Å². The summed E-state index contributed by atoms with van der Waals surface area (Å²) >= 11 is 0. The van der Waals surface area contributed by atoms with Crippen LogP contribution in [0.1, 0.15) is 37.3 Å². The van der Waals surface area contributed by atoms with Gasteiger partial charge in [0.15, 0.2) is 0 Å². The van der Waals surface area contributed by atoms with Crippen molar-refractivity contribution in [2.45, 2.75) is 38.2 Å². The van der Waals surface area contributed by atoms with Crippen molar-refractivity contribution in [3.8, 4) is 5.75 Å². The van der Waals surface area contributed by atoms with E-state index in [9.17, 15) is 0 Å². The fourth-order valence-electron chi connectivity index (χ4n) is 2.52. The predicted molar refractivity (Wildman–Crippen MR) is 68.4 cm³/mol. The summed E-state index contributed by atoms with van der Waals surface area (Å²) in [7, 11) is 0. The Morgan fingerprint density at radius 2 is 2.24 bits per heavy atom. The zero-order valence-corrected chi connectivity index (χ0v) is 10.6. The Morgan fingerprint density at radius 1 is 1.47 bits per heavy atom. The second-order valence-electron chi connectivity index (χ2n) is 5.32. The van der Waals surface area contributed by atoms with Gasteiger partial charge in [0.25, 0.3) is 0 Å². The molecule has 1 unspecified atom stereocenters. The van der Waals surface area contributed by atoms with Gasteiger partial charge in [-0.25, -0.2) is 0 Å². The number of fused-ring (bicyclic) bond motifs is 1. The second kappa shape index (κ2) is 4.67. The average Bonchev–Trinajstić information content (AvgIpc) is 2.59. The summed E-state index contributed by atoms with van der Waals surface area (Å²) in [5, 5.41) is 9.08. The molecule has 2 rings (SSSR count). The summed E-state index contributed by atoms with van der Waals surface area (Å²) in [5.74, 6) is 1.17. The normalized spacial score (nSPS) is 18.6. The molecule has 94 valence electrons. The summed E-state index contributed by atoms with van der Waals surface area (Å²) in [6, 6.07) is 6.23. The van der Waals surface area contributed by atoms with E-state index < -0.39 is 0 Å². The Morgan fingerprint density at radius 3 is 2.88 bits per heavy atom. The highest BCUT2D eigenvalue weighted by atomic mass is 16.5. The van der Waals surface area contributed by atoms with Gasteiger partial charge in [-0.05, 0) is 37.9 Å². The second-order valence-corrected chi connectivity index (χ2v) is 5.32. The third kappa shape index (κ3) is 2.45. The lowest BCUT2D eigenvalue weighted by Crippen LogP contribution is -2.25. The topological polar surface area (TPSA) is 55.5 Å².